The Hall–Kier alpha value is -2.73. The van der Waals surface area contributed by atoms with Gasteiger partial charge in [-0.25, -0.2) is 0 Å². The van der Waals surface area contributed by atoms with Gasteiger partial charge in [-0.1, -0.05) is 12.1 Å². The number of anilines is 1. The van der Waals surface area contributed by atoms with Crippen molar-refractivity contribution in [3.05, 3.63) is 59.4 Å². The van der Waals surface area contributed by atoms with Crippen molar-refractivity contribution in [1.82, 2.24) is 15.2 Å². The van der Waals surface area contributed by atoms with E-state index >= 15 is 0 Å². The first-order valence-electron chi connectivity index (χ1n) is 9.77. The van der Waals surface area contributed by atoms with E-state index in [0.717, 1.165) is 42.7 Å². The van der Waals surface area contributed by atoms with Crippen LogP contribution in [0.4, 0.5) is 5.69 Å². The SMILES string of the molecule is Cc1ccc(NC(=O)CN2CCC(C(=O)NCc3cccnc3)CC2)cc1C. The fourth-order valence-corrected chi connectivity index (χ4v) is 3.41. The van der Waals surface area contributed by atoms with Crippen LogP contribution in [0.5, 0.6) is 0 Å². The number of benzene rings is 1. The summed E-state index contributed by atoms with van der Waals surface area (Å²) in [7, 11) is 0. The molecule has 1 fully saturated rings. The second-order valence-electron chi connectivity index (χ2n) is 7.48. The molecule has 1 aliphatic rings. The van der Waals surface area contributed by atoms with Gasteiger partial charge in [-0.2, -0.15) is 0 Å². The molecule has 148 valence electrons. The van der Waals surface area contributed by atoms with Gasteiger partial charge in [0.15, 0.2) is 0 Å². The average molecular weight is 380 g/mol. The predicted octanol–water partition coefficient (Wildman–Crippen LogP) is 2.67. The van der Waals surface area contributed by atoms with Gasteiger partial charge in [0.2, 0.25) is 11.8 Å². The second-order valence-corrected chi connectivity index (χ2v) is 7.48. The molecule has 1 aliphatic heterocycles. The summed E-state index contributed by atoms with van der Waals surface area (Å²) in [5, 5.41) is 5.95. The molecule has 1 saturated heterocycles. The second kappa shape index (κ2) is 9.46. The zero-order chi connectivity index (χ0) is 19.9. The van der Waals surface area contributed by atoms with Gasteiger partial charge in [-0.05, 0) is 74.7 Å². The third-order valence-corrected chi connectivity index (χ3v) is 5.31. The van der Waals surface area contributed by atoms with Crippen LogP contribution < -0.4 is 10.6 Å². The number of nitrogens with zero attached hydrogens (tertiary/aromatic N) is 2. The van der Waals surface area contributed by atoms with E-state index in [1.165, 1.54) is 5.56 Å². The summed E-state index contributed by atoms with van der Waals surface area (Å²) in [6.07, 6.45) is 5.03. The number of hydrogen-bond donors (Lipinski definition) is 2. The van der Waals surface area contributed by atoms with E-state index in [9.17, 15) is 9.59 Å². The maximum atomic E-state index is 12.4. The molecule has 2 aromatic rings. The van der Waals surface area contributed by atoms with Crippen LogP contribution in [0.25, 0.3) is 0 Å². The third kappa shape index (κ3) is 5.63. The monoisotopic (exact) mass is 380 g/mol. The number of hydrogen-bond acceptors (Lipinski definition) is 4. The van der Waals surface area contributed by atoms with E-state index in [0.29, 0.717) is 13.1 Å². The predicted molar refractivity (Wildman–Crippen MR) is 110 cm³/mol. The number of carbonyl (C=O) groups is 2. The highest BCUT2D eigenvalue weighted by atomic mass is 16.2. The topological polar surface area (TPSA) is 74.3 Å². The van der Waals surface area contributed by atoms with Crippen LogP contribution in [-0.2, 0) is 16.1 Å². The lowest BCUT2D eigenvalue weighted by Gasteiger charge is -2.30. The molecule has 6 heteroatoms. The van der Waals surface area contributed by atoms with Crippen molar-refractivity contribution < 1.29 is 9.59 Å². The Morgan fingerprint density at radius 1 is 1.14 bits per heavy atom. The fraction of sp³-hybridized carbons (Fsp3) is 0.409. The highest BCUT2D eigenvalue weighted by Crippen LogP contribution is 2.18. The molecular weight excluding hydrogens is 352 g/mol. The van der Waals surface area contributed by atoms with Gasteiger partial charge in [0.1, 0.15) is 0 Å². The number of likely N-dealkylation sites (tertiary alicyclic amines) is 1. The lowest BCUT2D eigenvalue weighted by molar-refractivity contribution is -0.126. The van der Waals surface area contributed by atoms with Gasteiger partial charge >= 0.3 is 0 Å². The first kappa shape index (κ1) is 20.0. The van der Waals surface area contributed by atoms with Crippen LogP contribution in [-0.4, -0.2) is 41.3 Å². The summed E-state index contributed by atoms with van der Waals surface area (Å²) < 4.78 is 0. The van der Waals surface area contributed by atoms with Crippen molar-refractivity contribution >= 4 is 17.5 Å². The molecule has 1 aromatic carbocycles. The molecule has 0 atom stereocenters. The quantitative estimate of drug-likeness (QED) is 0.808. The van der Waals surface area contributed by atoms with Gasteiger partial charge in [0.05, 0.1) is 6.54 Å². The van der Waals surface area contributed by atoms with E-state index in [1.54, 1.807) is 12.4 Å². The smallest absolute Gasteiger partial charge is 0.238 e. The van der Waals surface area contributed by atoms with E-state index in [2.05, 4.69) is 27.4 Å². The highest BCUT2D eigenvalue weighted by molar-refractivity contribution is 5.92. The summed E-state index contributed by atoms with van der Waals surface area (Å²) in [6, 6.07) is 9.75. The minimum Gasteiger partial charge on any atom is -0.352 e. The first-order chi connectivity index (χ1) is 13.5. The number of nitrogens with one attached hydrogen (secondary N) is 2. The number of piperidine rings is 1. The first-order valence-corrected chi connectivity index (χ1v) is 9.77. The Morgan fingerprint density at radius 3 is 2.61 bits per heavy atom. The minimum atomic E-state index is -0.0114. The molecule has 6 nitrogen and oxygen atoms in total. The summed E-state index contributed by atoms with van der Waals surface area (Å²) in [6.45, 7) is 6.46. The Balaban J connectivity index is 1.40. The van der Waals surface area contributed by atoms with Crippen LogP contribution in [0.3, 0.4) is 0 Å². The van der Waals surface area contributed by atoms with Crippen molar-refractivity contribution in [3.8, 4) is 0 Å². The lowest BCUT2D eigenvalue weighted by Crippen LogP contribution is -2.43. The Morgan fingerprint density at radius 2 is 1.93 bits per heavy atom. The standard InChI is InChI=1S/C22H28N4O2/c1-16-5-6-20(12-17(16)2)25-21(27)15-26-10-7-19(8-11-26)22(28)24-14-18-4-3-9-23-13-18/h3-6,9,12-13,19H,7-8,10-11,14-15H2,1-2H3,(H,24,28)(H,25,27). The molecule has 2 amide bonds. The van der Waals surface area contributed by atoms with E-state index < -0.39 is 0 Å². The lowest BCUT2D eigenvalue weighted by atomic mass is 9.96. The number of carbonyl (C=O) groups excluding carboxylic acids is 2. The maximum Gasteiger partial charge on any atom is 0.238 e. The Labute approximate surface area is 166 Å². The molecule has 3 rings (SSSR count). The molecule has 0 unspecified atom stereocenters. The number of aromatic nitrogens is 1. The van der Waals surface area contributed by atoms with E-state index in [1.807, 2.05) is 37.3 Å². The van der Waals surface area contributed by atoms with Crippen LogP contribution >= 0.6 is 0 Å². The van der Waals surface area contributed by atoms with Crippen LogP contribution in [0, 0.1) is 19.8 Å². The minimum absolute atomic E-state index is 0.00994. The molecular formula is C22H28N4O2. The summed E-state index contributed by atoms with van der Waals surface area (Å²) in [4.78, 5) is 30.9. The normalized spacial score (nSPS) is 15.2. The zero-order valence-corrected chi connectivity index (χ0v) is 16.6. The summed E-state index contributed by atoms with van der Waals surface area (Å²) in [5.41, 5.74) is 4.20. The third-order valence-electron chi connectivity index (χ3n) is 5.31. The fourth-order valence-electron chi connectivity index (χ4n) is 3.41. The molecule has 0 radical (unpaired) electrons. The molecule has 0 spiro atoms. The number of pyridine rings is 1. The van der Waals surface area contributed by atoms with Gasteiger partial charge in [0.25, 0.3) is 0 Å². The van der Waals surface area contributed by atoms with Crippen molar-refractivity contribution in [1.29, 1.82) is 0 Å². The average Bonchev–Trinajstić information content (AvgIpc) is 2.70. The highest BCUT2D eigenvalue weighted by Gasteiger charge is 2.25. The molecule has 2 N–H and O–H groups in total. The molecule has 0 aliphatic carbocycles. The van der Waals surface area contributed by atoms with Crippen molar-refractivity contribution in [3.63, 3.8) is 0 Å². The molecule has 0 bridgehead atoms. The Bertz CT molecular complexity index is 815. The van der Waals surface area contributed by atoms with E-state index in [-0.39, 0.29) is 17.7 Å². The van der Waals surface area contributed by atoms with Crippen molar-refractivity contribution in [2.45, 2.75) is 33.2 Å². The number of aryl methyl sites for hydroxylation is 2. The van der Waals surface area contributed by atoms with Gasteiger partial charge in [-0.3, -0.25) is 19.5 Å². The zero-order valence-electron chi connectivity index (χ0n) is 16.6. The largest absolute Gasteiger partial charge is 0.352 e. The van der Waals surface area contributed by atoms with Gasteiger partial charge in [0, 0.05) is 30.5 Å². The molecule has 0 saturated carbocycles. The van der Waals surface area contributed by atoms with Crippen molar-refractivity contribution in [2.24, 2.45) is 5.92 Å². The summed E-state index contributed by atoms with van der Waals surface area (Å²) >= 11 is 0. The molecule has 1 aromatic heterocycles. The Kier molecular flexibility index (Phi) is 6.76. The van der Waals surface area contributed by atoms with Crippen molar-refractivity contribution in [2.75, 3.05) is 25.0 Å². The number of rotatable bonds is 6. The molecule has 2 heterocycles. The van der Waals surface area contributed by atoms with Gasteiger partial charge < -0.3 is 10.6 Å². The molecule has 28 heavy (non-hydrogen) atoms. The van der Waals surface area contributed by atoms with E-state index in [4.69, 9.17) is 0 Å². The van der Waals surface area contributed by atoms with Gasteiger partial charge in [-0.15, -0.1) is 0 Å². The van der Waals surface area contributed by atoms with Crippen LogP contribution in [0.2, 0.25) is 0 Å². The maximum absolute atomic E-state index is 12.4. The summed E-state index contributed by atoms with van der Waals surface area (Å²) in [5.74, 6) is 0.0848. The van der Waals surface area contributed by atoms with Crippen LogP contribution in [0.1, 0.15) is 29.5 Å². The van der Waals surface area contributed by atoms with Crippen LogP contribution in [0.15, 0.2) is 42.7 Å². The number of amides is 2.